The van der Waals surface area contributed by atoms with Crippen LogP contribution in [0, 0.1) is 5.41 Å². The van der Waals surface area contributed by atoms with Crippen LogP contribution in [-0.4, -0.2) is 42.2 Å². The summed E-state index contributed by atoms with van der Waals surface area (Å²) in [5.74, 6) is -20.7. The highest BCUT2D eigenvalue weighted by atomic mass is 19.4. The number of rotatable bonds is 7. The van der Waals surface area contributed by atoms with Gasteiger partial charge in [-0.05, 0) is 6.92 Å². The zero-order valence-corrected chi connectivity index (χ0v) is 10.8. The van der Waals surface area contributed by atoms with E-state index >= 15 is 0 Å². The number of carbonyl (C=O) groups is 1. The highest BCUT2D eigenvalue weighted by molar-refractivity contribution is 5.95. The molecule has 130 valence electrons. The largest absolute Gasteiger partial charge is 0.465 e. The molecule has 0 aliphatic rings. The van der Waals surface area contributed by atoms with Crippen molar-refractivity contribution in [3.05, 3.63) is 0 Å². The third-order valence-corrected chi connectivity index (χ3v) is 2.30. The van der Waals surface area contributed by atoms with Crippen LogP contribution in [0.1, 0.15) is 19.8 Å². The highest BCUT2D eigenvalue weighted by Crippen LogP contribution is 2.53. The molecule has 0 aliphatic heterocycles. The van der Waals surface area contributed by atoms with Crippen molar-refractivity contribution >= 4 is 11.7 Å². The minimum atomic E-state index is -6.96. The normalized spacial score (nSPS) is 13.9. The fraction of sp³-hybridized carbons (Fsp3) is 0.800. The summed E-state index contributed by atoms with van der Waals surface area (Å²) in [6, 6.07) is 0. The standard InChI is InChI=1S/C10H10F9NO2/c1-5(20)4-6(21)22-3-2-7(11,12)8(13,14)9(15,16)10(17,18)19/h20H,2-4H2,1H3. The predicted octanol–water partition coefficient (Wildman–Crippen LogP) is 3.82. The van der Waals surface area contributed by atoms with E-state index < -0.39 is 49.4 Å². The predicted molar refractivity (Wildman–Crippen MR) is 54.5 cm³/mol. The van der Waals surface area contributed by atoms with Gasteiger partial charge in [-0.25, -0.2) is 0 Å². The van der Waals surface area contributed by atoms with Crippen molar-refractivity contribution in [1.29, 1.82) is 5.41 Å². The number of hydrogen-bond donors (Lipinski definition) is 1. The molecule has 0 saturated heterocycles. The molecule has 0 rings (SSSR count). The molecule has 3 nitrogen and oxygen atoms in total. The van der Waals surface area contributed by atoms with E-state index in [1.54, 1.807) is 0 Å². The summed E-state index contributed by atoms with van der Waals surface area (Å²) in [5.41, 5.74) is -0.259. The van der Waals surface area contributed by atoms with Gasteiger partial charge >= 0.3 is 29.9 Å². The lowest BCUT2D eigenvalue weighted by Gasteiger charge is -2.33. The average molecular weight is 347 g/mol. The molecule has 0 spiro atoms. The number of carbonyl (C=O) groups excluding carboxylic acids is 1. The van der Waals surface area contributed by atoms with Crippen LogP contribution in [0.15, 0.2) is 0 Å². The van der Waals surface area contributed by atoms with E-state index in [-0.39, 0.29) is 5.71 Å². The van der Waals surface area contributed by atoms with Gasteiger partial charge in [0.05, 0.1) is 19.4 Å². The molecule has 0 aromatic rings. The molecule has 0 aromatic heterocycles. The van der Waals surface area contributed by atoms with Crippen molar-refractivity contribution in [3.8, 4) is 0 Å². The van der Waals surface area contributed by atoms with E-state index in [4.69, 9.17) is 5.41 Å². The number of halogens is 9. The lowest BCUT2D eigenvalue weighted by molar-refractivity contribution is -0.397. The summed E-state index contributed by atoms with van der Waals surface area (Å²) < 4.78 is 116. The molecule has 0 heterocycles. The molecular weight excluding hydrogens is 337 g/mol. The van der Waals surface area contributed by atoms with Crippen LogP contribution in [0.25, 0.3) is 0 Å². The van der Waals surface area contributed by atoms with Gasteiger partial charge < -0.3 is 10.1 Å². The Kier molecular flexibility index (Phi) is 5.90. The molecule has 22 heavy (non-hydrogen) atoms. The van der Waals surface area contributed by atoms with Crippen molar-refractivity contribution in [2.45, 2.75) is 43.7 Å². The van der Waals surface area contributed by atoms with Gasteiger partial charge in [-0.3, -0.25) is 4.79 Å². The fourth-order valence-corrected chi connectivity index (χ4v) is 1.13. The molecule has 0 unspecified atom stereocenters. The van der Waals surface area contributed by atoms with Crippen LogP contribution in [0.4, 0.5) is 39.5 Å². The first-order chi connectivity index (χ1) is 9.56. The van der Waals surface area contributed by atoms with Crippen LogP contribution in [0.5, 0.6) is 0 Å². The molecule has 0 amide bonds. The Morgan fingerprint density at radius 3 is 1.77 bits per heavy atom. The maximum absolute atomic E-state index is 13.0. The molecule has 0 saturated carbocycles. The molecule has 12 heteroatoms. The third-order valence-electron chi connectivity index (χ3n) is 2.30. The Morgan fingerprint density at radius 1 is 0.955 bits per heavy atom. The number of alkyl halides is 9. The summed E-state index contributed by atoms with van der Waals surface area (Å²) >= 11 is 0. The van der Waals surface area contributed by atoms with Crippen LogP contribution in [0.2, 0.25) is 0 Å². The van der Waals surface area contributed by atoms with Crippen LogP contribution >= 0.6 is 0 Å². The average Bonchev–Trinajstić information content (AvgIpc) is 2.25. The SMILES string of the molecule is CC(=N)CC(=O)OCCC(F)(F)C(F)(F)C(F)(F)C(F)(F)F. The van der Waals surface area contributed by atoms with E-state index in [1.807, 2.05) is 0 Å². The van der Waals surface area contributed by atoms with Gasteiger partial charge in [0, 0.05) is 5.71 Å². The first kappa shape index (κ1) is 20.5. The Morgan fingerprint density at radius 2 is 1.41 bits per heavy atom. The molecular formula is C10H10F9NO2. The number of ether oxygens (including phenoxy) is 1. The molecule has 0 radical (unpaired) electrons. The second-order valence-corrected chi connectivity index (χ2v) is 4.28. The monoisotopic (exact) mass is 347 g/mol. The first-order valence-corrected chi connectivity index (χ1v) is 5.46. The minimum absolute atomic E-state index is 0.259. The quantitative estimate of drug-likeness (QED) is 0.432. The van der Waals surface area contributed by atoms with Crippen LogP contribution in [-0.2, 0) is 9.53 Å². The smallest absolute Gasteiger partial charge is 0.460 e. The Balaban J connectivity index is 4.93. The van der Waals surface area contributed by atoms with E-state index in [1.165, 1.54) is 0 Å². The number of hydrogen-bond acceptors (Lipinski definition) is 3. The third kappa shape index (κ3) is 4.26. The fourth-order valence-electron chi connectivity index (χ4n) is 1.13. The van der Waals surface area contributed by atoms with Crippen molar-refractivity contribution < 1.29 is 49.0 Å². The molecule has 0 bridgehead atoms. The van der Waals surface area contributed by atoms with E-state index in [0.29, 0.717) is 0 Å². The molecule has 0 aromatic carbocycles. The molecule has 0 aliphatic carbocycles. The Bertz CT molecular complexity index is 431. The van der Waals surface area contributed by atoms with Crippen LogP contribution in [0.3, 0.4) is 0 Å². The number of nitrogens with one attached hydrogen (secondary N) is 1. The molecule has 0 atom stereocenters. The van der Waals surface area contributed by atoms with Gasteiger partial charge in [0.1, 0.15) is 0 Å². The summed E-state index contributed by atoms with van der Waals surface area (Å²) in [6.07, 6.45) is -9.79. The van der Waals surface area contributed by atoms with Gasteiger partial charge in [0.25, 0.3) is 0 Å². The van der Waals surface area contributed by atoms with Crippen molar-refractivity contribution in [2.24, 2.45) is 0 Å². The van der Waals surface area contributed by atoms with Gasteiger partial charge in [-0.15, -0.1) is 0 Å². The summed E-state index contributed by atoms with van der Waals surface area (Å²) in [6.45, 7) is -0.378. The second-order valence-electron chi connectivity index (χ2n) is 4.28. The first-order valence-electron chi connectivity index (χ1n) is 5.46. The number of esters is 1. The van der Waals surface area contributed by atoms with E-state index in [0.717, 1.165) is 6.92 Å². The van der Waals surface area contributed by atoms with E-state index in [9.17, 15) is 44.3 Å². The summed E-state index contributed by atoms with van der Waals surface area (Å²) in [7, 11) is 0. The molecule has 0 fully saturated rings. The van der Waals surface area contributed by atoms with Crippen molar-refractivity contribution in [2.75, 3.05) is 6.61 Å². The summed E-state index contributed by atoms with van der Waals surface area (Å²) in [4.78, 5) is 10.8. The van der Waals surface area contributed by atoms with Crippen LogP contribution < -0.4 is 0 Å². The van der Waals surface area contributed by atoms with Crippen molar-refractivity contribution in [3.63, 3.8) is 0 Å². The van der Waals surface area contributed by atoms with Gasteiger partial charge in [-0.2, -0.15) is 39.5 Å². The zero-order chi connectivity index (χ0) is 18.0. The van der Waals surface area contributed by atoms with Gasteiger partial charge in [0.2, 0.25) is 0 Å². The lowest BCUT2D eigenvalue weighted by atomic mass is 10.0. The minimum Gasteiger partial charge on any atom is -0.465 e. The topological polar surface area (TPSA) is 50.2 Å². The summed E-state index contributed by atoms with van der Waals surface area (Å²) in [5, 5.41) is 6.84. The highest BCUT2D eigenvalue weighted by Gasteiger charge is 2.81. The van der Waals surface area contributed by atoms with Crippen molar-refractivity contribution in [1.82, 2.24) is 0 Å². The maximum atomic E-state index is 13.0. The Labute approximate surface area is 117 Å². The van der Waals surface area contributed by atoms with Gasteiger partial charge in [0.15, 0.2) is 0 Å². The van der Waals surface area contributed by atoms with E-state index in [2.05, 4.69) is 4.74 Å². The van der Waals surface area contributed by atoms with Gasteiger partial charge in [-0.1, -0.05) is 0 Å². The maximum Gasteiger partial charge on any atom is 0.460 e. The lowest BCUT2D eigenvalue weighted by Crippen LogP contribution is -2.61. The Hall–Kier alpha value is -1.49. The molecule has 1 N–H and O–H groups in total. The zero-order valence-electron chi connectivity index (χ0n) is 10.8. The second kappa shape index (κ2) is 6.32.